The average Bonchev–Trinajstić information content (AvgIpc) is 2.53. The molecule has 2 heterocycles. The van der Waals surface area contributed by atoms with Crippen LogP contribution in [0.2, 0.25) is 0 Å². The number of aryl methyl sites for hydroxylation is 1. The predicted octanol–water partition coefficient (Wildman–Crippen LogP) is 2.27. The van der Waals surface area contributed by atoms with Gasteiger partial charge in [0, 0.05) is 18.8 Å². The molecule has 5 heteroatoms. The molecule has 0 fully saturated rings. The summed E-state index contributed by atoms with van der Waals surface area (Å²) in [6.07, 6.45) is 5.11. The Morgan fingerprint density at radius 3 is 2.95 bits per heavy atom. The molecule has 0 bridgehead atoms. The number of hydrogen-bond donors (Lipinski definition) is 1. The minimum Gasteiger partial charge on any atom is -0.491 e. The van der Waals surface area contributed by atoms with Gasteiger partial charge in [-0.05, 0) is 54.3 Å². The molecule has 1 aromatic heterocycles. The van der Waals surface area contributed by atoms with Crippen molar-refractivity contribution in [2.45, 2.75) is 25.3 Å². The Balaban J connectivity index is 1.52. The maximum absolute atomic E-state index is 13.2. The number of benzene rings is 1. The molecule has 4 nitrogen and oxygen atoms in total. The van der Waals surface area contributed by atoms with Crippen molar-refractivity contribution in [1.82, 2.24) is 10.3 Å². The molecule has 0 saturated carbocycles. The summed E-state index contributed by atoms with van der Waals surface area (Å²) in [6.45, 7) is 0.416. The van der Waals surface area contributed by atoms with Crippen LogP contribution < -0.4 is 10.1 Å². The molecule has 0 aliphatic carbocycles. The topological polar surface area (TPSA) is 51.2 Å². The van der Waals surface area contributed by atoms with E-state index in [2.05, 4.69) is 10.3 Å². The fourth-order valence-electron chi connectivity index (χ4n) is 2.56. The molecule has 1 aliphatic rings. The lowest BCUT2D eigenvalue weighted by Crippen LogP contribution is -2.42. The average molecular weight is 300 g/mol. The van der Waals surface area contributed by atoms with Crippen molar-refractivity contribution >= 4 is 5.91 Å². The number of pyridine rings is 1. The summed E-state index contributed by atoms with van der Waals surface area (Å²) in [7, 11) is 0. The largest absolute Gasteiger partial charge is 0.491 e. The van der Waals surface area contributed by atoms with Crippen molar-refractivity contribution in [3.05, 3.63) is 59.7 Å². The minimum absolute atomic E-state index is 0.0229. The van der Waals surface area contributed by atoms with Gasteiger partial charge in [-0.15, -0.1) is 0 Å². The zero-order valence-corrected chi connectivity index (χ0v) is 12.1. The molecule has 0 saturated heterocycles. The number of carbonyl (C=O) groups excluding carboxylic acids is 1. The molecule has 1 unspecified atom stereocenters. The number of nitrogens with one attached hydrogen (secondary N) is 1. The van der Waals surface area contributed by atoms with Crippen LogP contribution in [-0.4, -0.2) is 23.5 Å². The van der Waals surface area contributed by atoms with E-state index in [1.54, 1.807) is 18.5 Å². The maximum atomic E-state index is 13.2. The first-order valence-electron chi connectivity index (χ1n) is 7.30. The number of rotatable bonds is 4. The van der Waals surface area contributed by atoms with E-state index in [0.717, 1.165) is 11.1 Å². The molecular formula is C17H17FN2O2. The molecule has 1 N–H and O–H groups in total. The van der Waals surface area contributed by atoms with Gasteiger partial charge >= 0.3 is 0 Å². The van der Waals surface area contributed by atoms with Gasteiger partial charge in [0.25, 0.3) is 0 Å². The molecule has 2 aromatic rings. The lowest BCUT2D eigenvalue weighted by Gasteiger charge is -2.26. The lowest BCUT2D eigenvalue weighted by atomic mass is 10.0. The van der Waals surface area contributed by atoms with E-state index in [0.29, 0.717) is 31.6 Å². The van der Waals surface area contributed by atoms with E-state index >= 15 is 0 Å². The van der Waals surface area contributed by atoms with Crippen molar-refractivity contribution in [2.75, 3.05) is 6.61 Å². The number of carbonyl (C=O) groups is 1. The van der Waals surface area contributed by atoms with Gasteiger partial charge in [0.05, 0.1) is 6.04 Å². The summed E-state index contributed by atoms with van der Waals surface area (Å²) in [6, 6.07) is 8.16. The van der Waals surface area contributed by atoms with Gasteiger partial charge in [-0.25, -0.2) is 4.39 Å². The Labute approximate surface area is 128 Å². The monoisotopic (exact) mass is 300 g/mol. The summed E-state index contributed by atoms with van der Waals surface area (Å²) < 4.78 is 18.8. The number of nitrogens with zero attached hydrogens (tertiary/aromatic N) is 1. The number of ether oxygens (including phenoxy) is 1. The minimum atomic E-state index is -0.285. The molecule has 1 amide bonds. The Hall–Kier alpha value is -2.43. The van der Waals surface area contributed by atoms with Gasteiger partial charge < -0.3 is 10.1 Å². The van der Waals surface area contributed by atoms with E-state index in [1.807, 2.05) is 12.1 Å². The van der Waals surface area contributed by atoms with Gasteiger partial charge in [0.1, 0.15) is 18.2 Å². The molecule has 0 radical (unpaired) electrons. The molecule has 0 spiro atoms. The van der Waals surface area contributed by atoms with Crippen LogP contribution in [0.1, 0.15) is 17.5 Å². The van der Waals surface area contributed by atoms with Gasteiger partial charge in [0.15, 0.2) is 0 Å². The third-order valence-corrected chi connectivity index (χ3v) is 3.68. The second kappa shape index (κ2) is 6.56. The summed E-state index contributed by atoms with van der Waals surface area (Å²) in [5.41, 5.74) is 1.88. The zero-order valence-electron chi connectivity index (χ0n) is 12.1. The summed E-state index contributed by atoms with van der Waals surface area (Å²) in [4.78, 5) is 16.0. The van der Waals surface area contributed by atoms with E-state index in [4.69, 9.17) is 4.74 Å². The highest BCUT2D eigenvalue weighted by atomic mass is 19.1. The lowest BCUT2D eigenvalue weighted by molar-refractivity contribution is -0.122. The van der Waals surface area contributed by atoms with Crippen molar-refractivity contribution < 1.29 is 13.9 Å². The van der Waals surface area contributed by atoms with Gasteiger partial charge in [-0.3, -0.25) is 9.78 Å². The second-order valence-corrected chi connectivity index (χ2v) is 5.39. The standard InChI is InChI=1S/C17H17FN2O2/c18-14-2-3-16-13(9-14)10-15(11-22-16)20-17(21)4-1-12-5-7-19-8-6-12/h2-3,5-9,15H,1,4,10-11H2,(H,20,21). The third kappa shape index (κ3) is 3.61. The van der Waals surface area contributed by atoms with Crippen LogP contribution in [0.5, 0.6) is 5.75 Å². The normalized spacial score (nSPS) is 16.5. The van der Waals surface area contributed by atoms with Crippen LogP contribution in [0, 0.1) is 5.82 Å². The highest BCUT2D eigenvalue weighted by molar-refractivity contribution is 5.76. The number of aromatic nitrogens is 1. The number of fused-ring (bicyclic) bond motifs is 1. The molecule has 1 aromatic carbocycles. The SMILES string of the molecule is O=C(CCc1ccncc1)NC1COc2ccc(F)cc2C1. The first-order valence-corrected chi connectivity index (χ1v) is 7.30. The van der Waals surface area contributed by atoms with Gasteiger partial charge in [-0.2, -0.15) is 0 Å². The maximum Gasteiger partial charge on any atom is 0.220 e. The van der Waals surface area contributed by atoms with Crippen molar-refractivity contribution in [3.8, 4) is 5.75 Å². The van der Waals surface area contributed by atoms with Crippen LogP contribution in [0.3, 0.4) is 0 Å². The fourth-order valence-corrected chi connectivity index (χ4v) is 2.56. The summed E-state index contributed by atoms with van der Waals surface area (Å²) in [5, 5.41) is 2.95. The van der Waals surface area contributed by atoms with E-state index in [1.165, 1.54) is 12.1 Å². The predicted molar refractivity (Wildman–Crippen MR) is 80.1 cm³/mol. The smallest absolute Gasteiger partial charge is 0.220 e. The van der Waals surface area contributed by atoms with Crippen LogP contribution in [0.4, 0.5) is 4.39 Å². The first kappa shape index (κ1) is 14.5. The van der Waals surface area contributed by atoms with Crippen molar-refractivity contribution in [2.24, 2.45) is 0 Å². The van der Waals surface area contributed by atoms with Gasteiger partial charge in [0.2, 0.25) is 5.91 Å². The molecule has 3 rings (SSSR count). The van der Waals surface area contributed by atoms with Crippen LogP contribution in [-0.2, 0) is 17.6 Å². The molecule has 114 valence electrons. The quantitative estimate of drug-likeness (QED) is 0.942. The summed E-state index contributed by atoms with van der Waals surface area (Å²) in [5.74, 6) is 0.390. The van der Waals surface area contributed by atoms with Crippen LogP contribution >= 0.6 is 0 Å². The molecule has 22 heavy (non-hydrogen) atoms. The van der Waals surface area contributed by atoms with Crippen molar-refractivity contribution in [3.63, 3.8) is 0 Å². The van der Waals surface area contributed by atoms with E-state index in [-0.39, 0.29) is 17.8 Å². The Bertz CT molecular complexity index is 661. The van der Waals surface area contributed by atoms with Crippen LogP contribution in [0.15, 0.2) is 42.7 Å². The van der Waals surface area contributed by atoms with E-state index < -0.39 is 0 Å². The second-order valence-electron chi connectivity index (χ2n) is 5.39. The third-order valence-electron chi connectivity index (χ3n) is 3.68. The summed E-state index contributed by atoms with van der Waals surface area (Å²) >= 11 is 0. The Morgan fingerprint density at radius 2 is 2.14 bits per heavy atom. The number of hydrogen-bond acceptors (Lipinski definition) is 3. The Morgan fingerprint density at radius 1 is 1.32 bits per heavy atom. The van der Waals surface area contributed by atoms with Crippen LogP contribution in [0.25, 0.3) is 0 Å². The highest BCUT2D eigenvalue weighted by Gasteiger charge is 2.21. The Kier molecular flexibility index (Phi) is 4.32. The van der Waals surface area contributed by atoms with Gasteiger partial charge in [-0.1, -0.05) is 0 Å². The van der Waals surface area contributed by atoms with E-state index in [9.17, 15) is 9.18 Å². The number of amides is 1. The van der Waals surface area contributed by atoms with Crippen molar-refractivity contribution in [1.29, 1.82) is 0 Å². The fraction of sp³-hybridized carbons (Fsp3) is 0.294. The highest BCUT2D eigenvalue weighted by Crippen LogP contribution is 2.25. The molecule has 1 aliphatic heterocycles. The number of halogens is 1. The first-order chi connectivity index (χ1) is 10.7. The molecular weight excluding hydrogens is 283 g/mol. The molecule has 1 atom stereocenters. The zero-order chi connectivity index (χ0) is 15.4.